The molecule has 2 unspecified atom stereocenters. The molecule has 0 bridgehead atoms. The highest BCUT2D eigenvalue weighted by Gasteiger charge is 2.18. The van der Waals surface area contributed by atoms with Crippen molar-refractivity contribution >= 4 is 5.91 Å². The van der Waals surface area contributed by atoms with Crippen molar-refractivity contribution in [2.45, 2.75) is 26.3 Å². The van der Waals surface area contributed by atoms with Crippen molar-refractivity contribution in [3.05, 3.63) is 17.7 Å². The molecular weight excluding hydrogens is 284 g/mol. The Morgan fingerprint density at radius 3 is 2.27 bits per heavy atom. The van der Waals surface area contributed by atoms with Crippen molar-refractivity contribution in [3.8, 4) is 17.2 Å². The summed E-state index contributed by atoms with van der Waals surface area (Å²) in [6.45, 7) is 4.14. The van der Waals surface area contributed by atoms with Crippen LogP contribution in [-0.4, -0.2) is 39.8 Å². The molecule has 0 fully saturated rings. The lowest BCUT2D eigenvalue weighted by molar-refractivity contribution is -0.124. The first-order chi connectivity index (χ1) is 10.5. The minimum atomic E-state index is -0.215. The normalized spacial score (nSPS) is 13.2. The Bertz CT molecular complexity index is 503. The summed E-state index contributed by atoms with van der Waals surface area (Å²) >= 11 is 0. The molecule has 0 spiro atoms. The van der Waals surface area contributed by atoms with E-state index in [4.69, 9.17) is 19.9 Å². The molecular formula is C16H26N2O4. The van der Waals surface area contributed by atoms with Crippen LogP contribution < -0.4 is 25.3 Å². The van der Waals surface area contributed by atoms with Gasteiger partial charge in [-0.15, -0.1) is 0 Å². The van der Waals surface area contributed by atoms with E-state index in [9.17, 15) is 4.79 Å². The van der Waals surface area contributed by atoms with Gasteiger partial charge in [0, 0.05) is 24.1 Å². The second-order valence-corrected chi connectivity index (χ2v) is 5.18. The zero-order valence-corrected chi connectivity index (χ0v) is 13.9. The van der Waals surface area contributed by atoms with E-state index in [0.29, 0.717) is 30.2 Å². The summed E-state index contributed by atoms with van der Waals surface area (Å²) in [6.07, 6.45) is 0.626. The SMILES string of the molecule is COc1ccc(CCNC(=O)C(C)C(C)N)c(OC)c1OC. The van der Waals surface area contributed by atoms with Gasteiger partial charge in [0.15, 0.2) is 11.5 Å². The molecule has 0 aliphatic carbocycles. The Morgan fingerprint density at radius 2 is 1.77 bits per heavy atom. The lowest BCUT2D eigenvalue weighted by Gasteiger charge is -2.17. The molecule has 0 aliphatic rings. The average Bonchev–Trinajstić information content (AvgIpc) is 2.52. The van der Waals surface area contributed by atoms with Crippen LogP contribution in [0.3, 0.4) is 0 Å². The van der Waals surface area contributed by atoms with Gasteiger partial charge in [0.05, 0.1) is 21.3 Å². The van der Waals surface area contributed by atoms with Crippen LogP contribution in [0.15, 0.2) is 12.1 Å². The maximum Gasteiger partial charge on any atom is 0.224 e. The summed E-state index contributed by atoms with van der Waals surface area (Å²) < 4.78 is 16.0. The van der Waals surface area contributed by atoms with E-state index >= 15 is 0 Å². The number of amides is 1. The number of benzene rings is 1. The predicted octanol–water partition coefficient (Wildman–Crippen LogP) is 1.35. The molecule has 1 amide bonds. The Hall–Kier alpha value is -1.95. The van der Waals surface area contributed by atoms with Crippen LogP contribution in [0.5, 0.6) is 17.2 Å². The highest BCUT2D eigenvalue weighted by atomic mass is 16.5. The summed E-state index contributed by atoms with van der Waals surface area (Å²) in [6, 6.07) is 3.56. The third-order valence-corrected chi connectivity index (χ3v) is 3.68. The van der Waals surface area contributed by atoms with Gasteiger partial charge in [-0.2, -0.15) is 0 Å². The Balaban J connectivity index is 2.76. The molecule has 0 heterocycles. The first-order valence-electron chi connectivity index (χ1n) is 7.27. The van der Waals surface area contributed by atoms with Crippen molar-refractivity contribution in [2.24, 2.45) is 11.7 Å². The number of hydrogen-bond donors (Lipinski definition) is 2. The van der Waals surface area contributed by atoms with Gasteiger partial charge < -0.3 is 25.3 Å². The minimum absolute atomic E-state index is 0.0468. The Morgan fingerprint density at radius 1 is 1.14 bits per heavy atom. The van der Waals surface area contributed by atoms with Gasteiger partial charge in [-0.3, -0.25) is 4.79 Å². The van der Waals surface area contributed by atoms with E-state index in [1.165, 1.54) is 0 Å². The molecule has 1 aromatic carbocycles. The fraction of sp³-hybridized carbons (Fsp3) is 0.562. The molecule has 124 valence electrons. The van der Waals surface area contributed by atoms with Crippen molar-refractivity contribution in [1.29, 1.82) is 0 Å². The summed E-state index contributed by atoms with van der Waals surface area (Å²) in [5, 5.41) is 2.88. The summed E-state index contributed by atoms with van der Waals surface area (Å²) in [7, 11) is 4.72. The molecule has 0 aromatic heterocycles. The van der Waals surface area contributed by atoms with E-state index in [2.05, 4.69) is 5.32 Å². The van der Waals surface area contributed by atoms with Crippen LogP contribution >= 0.6 is 0 Å². The number of methoxy groups -OCH3 is 3. The minimum Gasteiger partial charge on any atom is -0.493 e. The van der Waals surface area contributed by atoms with Crippen molar-refractivity contribution in [3.63, 3.8) is 0 Å². The molecule has 22 heavy (non-hydrogen) atoms. The number of nitrogens with one attached hydrogen (secondary N) is 1. The Labute approximate surface area is 131 Å². The zero-order chi connectivity index (χ0) is 16.7. The number of carbonyl (C=O) groups excluding carboxylic acids is 1. The van der Waals surface area contributed by atoms with Crippen LogP contribution in [0.25, 0.3) is 0 Å². The second kappa shape index (κ2) is 8.48. The molecule has 2 atom stereocenters. The van der Waals surface area contributed by atoms with Gasteiger partial charge in [-0.25, -0.2) is 0 Å². The predicted molar refractivity (Wildman–Crippen MR) is 85.6 cm³/mol. The Kier molecular flexibility index (Phi) is 6.98. The number of rotatable bonds is 8. The van der Waals surface area contributed by atoms with E-state index < -0.39 is 0 Å². The topological polar surface area (TPSA) is 82.8 Å². The van der Waals surface area contributed by atoms with E-state index in [1.54, 1.807) is 21.3 Å². The average molecular weight is 310 g/mol. The van der Waals surface area contributed by atoms with Crippen LogP contribution in [-0.2, 0) is 11.2 Å². The van der Waals surface area contributed by atoms with Crippen molar-refractivity contribution in [1.82, 2.24) is 5.32 Å². The highest BCUT2D eigenvalue weighted by molar-refractivity contribution is 5.78. The molecule has 1 aromatic rings. The third-order valence-electron chi connectivity index (χ3n) is 3.68. The molecule has 0 radical (unpaired) electrons. The maximum atomic E-state index is 11.9. The highest BCUT2D eigenvalue weighted by Crippen LogP contribution is 2.39. The molecule has 0 aliphatic heterocycles. The zero-order valence-electron chi connectivity index (χ0n) is 13.9. The second-order valence-electron chi connectivity index (χ2n) is 5.18. The number of hydrogen-bond acceptors (Lipinski definition) is 5. The fourth-order valence-electron chi connectivity index (χ4n) is 2.08. The van der Waals surface area contributed by atoms with Gasteiger partial charge in [0.2, 0.25) is 11.7 Å². The third kappa shape index (κ3) is 4.27. The fourth-order valence-corrected chi connectivity index (χ4v) is 2.08. The molecule has 6 heteroatoms. The largest absolute Gasteiger partial charge is 0.493 e. The van der Waals surface area contributed by atoms with Gasteiger partial charge in [0.25, 0.3) is 0 Å². The number of nitrogens with two attached hydrogens (primary N) is 1. The summed E-state index contributed by atoms with van der Waals surface area (Å²) in [5.41, 5.74) is 6.66. The summed E-state index contributed by atoms with van der Waals surface area (Å²) in [4.78, 5) is 11.9. The van der Waals surface area contributed by atoms with Crippen LogP contribution in [0.2, 0.25) is 0 Å². The standard InChI is InChI=1S/C16H26N2O4/c1-10(11(2)17)16(19)18-9-8-12-6-7-13(20-3)15(22-5)14(12)21-4/h6-7,10-11H,8-9,17H2,1-5H3,(H,18,19). The maximum absolute atomic E-state index is 11.9. The van der Waals surface area contributed by atoms with Crippen LogP contribution in [0.1, 0.15) is 19.4 Å². The van der Waals surface area contributed by atoms with Crippen LogP contribution in [0.4, 0.5) is 0 Å². The lowest BCUT2D eigenvalue weighted by atomic mass is 10.0. The van der Waals surface area contributed by atoms with Crippen molar-refractivity contribution in [2.75, 3.05) is 27.9 Å². The monoisotopic (exact) mass is 310 g/mol. The quantitative estimate of drug-likeness (QED) is 0.757. The molecule has 6 nitrogen and oxygen atoms in total. The molecule has 0 saturated heterocycles. The molecule has 1 rings (SSSR count). The number of ether oxygens (including phenoxy) is 3. The lowest BCUT2D eigenvalue weighted by Crippen LogP contribution is -2.39. The number of carbonyl (C=O) groups is 1. The van der Waals surface area contributed by atoms with E-state index in [-0.39, 0.29) is 17.9 Å². The molecule has 3 N–H and O–H groups in total. The van der Waals surface area contributed by atoms with E-state index in [1.807, 2.05) is 26.0 Å². The molecule has 0 saturated carbocycles. The smallest absolute Gasteiger partial charge is 0.224 e. The summed E-state index contributed by atoms with van der Waals surface area (Å²) in [5.74, 6) is 1.52. The van der Waals surface area contributed by atoms with Gasteiger partial charge in [-0.05, 0) is 19.4 Å². The van der Waals surface area contributed by atoms with Gasteiger partial charge in [0.1, 0.15) is 0 Å². The first kappa shape index (κ1) is 18.1. The van der Waals surface area contributed by atoms with Gasteiger partial charge in [-0.1, -0.05) is 13.0 Å². The van der Waals surface area contributed by atoms with Crippen LogP contribution in [0, 0.1) is 5.92 Å². The van der Waals surface area contributed by atoms with E-state index in [0.717, 1.165) is 5.56 Å². The van der Waals surface area contributed by atoms with Crippen molar-refractivity contribution < 1.29 is 19.0 Å². The van der Waals surface area contributed by atoms with Gasteiger partial charge >= 0.3 is 0 Å². The first-order valence-corrected chi connectivity index (χ1v) is 7.27.